The van der Waals surface area contributed by atoms with Gasteiger partial charge in [0.2, 0.25) is 5.91 Å². The molecule has 0 saturated heterocycles. The highest BCUT2D eigenvalue weighted by Crippen LogP contribution is 2.03. The van der Waals surface area contributed by atoms with Crippen LogP contribution in [0.15, 0.2) is 0 Å². The molecule has 0 aromatic heterocycles. The topological polar surface area (TPSA) is 91.0 Å². The van der Waals surface area contributed by atoms with Gasteiger partial charge >= 0.3 is 0 Å². The fraction of sp³-hybridized carbons (Fsp3) is 0.818. The molecule has 0 fully saturated rings. The Kier molecular flexibility index (Phi) is 9.46. The third kappa shape index (κ3) is 10.8. The Balaban J connectivity index is 3.18. The van der Waals surface area contributed by atoms with Crippen molar-refractivity contribution in [1.29, 1.82) is 5.41 Å². The molecule has 0 bridgehead atoms. The van der Waals surface area contributed by atoms with Crippen molar-refractivity contribution in [3.8, 4) is 0 Å². The summed E-state index contributed by atoms with van der Waals surface area (Å²) in [7, 11) is 0. The number of guanidine groups is 1. The minimum atomic E-state index is -0.172. The van der Waals surface area contributed by atoms with Crippen molar-refractivity contribution in [3.05, 3.63) is 0 Å². The maximum Gasteiger partial charge on any atom is 0.239 e. The van der Waals surface area contributed by atoms with Crippen LogP contribution in [-0.2, 0) is 4.79 Å². The monoisotopic (exact) mass is 228 g/mol. The first kappa shape index (κ1) is 14.7. The molecule has 0 atom stereocenters. The standard InChI is InChI=1S/C11H24N4O/c1-2-3-4-5-6-7-8-14-10(16)9-15-11(12)13/h2-9H2,1H3,(H,14,16)(H4,12,13,15). The molecule has 0 aromatic carbocycles. The Hall–Kier alpha value is -1.26. The maximum absolute atomic E-state index is 11.2. The Bertz CT molecular complexity index is 206. The number of rotatable bonds is 9. The van der Waals surface area contributed by atoms with Gasteiger partial charge in [-0.3, -0.25) is 10.2 Å². The lowest BCUT2D eigenvalue weighted by Gasteiger charge is -2.06. The van der Waals surface area contributed by atoms with E-state index in [1.165, 1.54) is 32.1 Å². The van der Waals surface area contributed by atoms with Gasteiger partial charge in [-0.1, -0.05) is 39.0 Å². The van der Waals surface area contributed by atoms with Crippen LogP contribution in [0.1, 0.15) is 45.4 Å². The van der Waals surface area contributed by atoms with Gasteiger partial charge in [0.15, 0.2) is 5.96 Å². The predicted molar refractivity (Wildman–Crippen MR) is 66.3 cm³/mol. The zero-order chi connectivity index (χ0) is 12.2. The van der Waals surface area contributed by atoms with Gasteiger partial charge in [-0.25, -0.2) is 0 Å². The molecule has 16 heavy (non-hydrogen) atoms. The van der Waals surface area contributed by atoms with E-state index in [9.17, 15) is 4.79 Å². The molecule has 1 amide bonds. The molecule has 0 aliphatic rings. The van der Waals surface area contributed by atoms with Crippen molar-refractivity contribution in [1.82, 2.24) is 10.6 Å². The van der Waals surface area contributed by atoms with Crippen molar-refractivity contribution in [3.63, 3.8) is 0 Å². The normalized spacial score (nSPS) is 9.81. The summed E-state index contributed by atoms with van der Waals surface area (Å²) in [4.78, 5) is 11.2. The molecule has 5 heteroatoms. The molecule has 0 radical (unpaired) electrons. The van der Waals surface area contributed by atoms with E-state index in [2.05, 4.69) is 17.6 Å². The summed E-state index contributed by atoms with van der Waals surface area (Å²) < 4.78 is 0. The van der Waals surface area contributed by atoms with Crippen LogP contribution in [0, 0.1) is 5.41 Å². The van der Waals surface area contributed by atoms with Gasteiger partial charge in [0.1, 0.15) is 0 Å². The SMILES string of the molecule is CCCCCCCCNC(=O)CNC(=N)N. The number of carbonyl (C=O) groups is 1. The van der Waals surface area contributed by atoms with Gasteiger partial charge in [0.25, 0.3) is 0 Å². The summed E-state index contributed by atoms with van der Waals surface area (Å²) in [5.41, 5.74) is 5.06. The Labute approximate surface area is 97.7 Å². The van der Waals surface area contributed by atoms with E-state index in [1.807, 2.05) is 0 Å². The van der Waals surface area contributed by atoms with Gasteiger partial charge in [-0.05, 0) is 6.42 Å². The van der Waals surface area contributed by atoms with Gasteiger partial charge in [-0.15, -0.1) is 0 Å². The van der Waals surface area contributed by atoms with Gasteiger partial charge in [0, 0.05) is 6.54 Å². The summed E-state index contributed by atoms with van der Waals surface area (Å²) >= 11 is 0. The Morgan fingerprint density at radius 1 is 1.12 bits per heavy atom. The number of hydrogen-bond donors (Lipinski definition) is 4. The highest BCUT2D eigenvalue weighted by molar-refractivity contribution is 5.83. The second-order valence-corrected chi connectivity index (χ2v) is 3.88. The third-order valence-electron chi connectivity index (χ3n) is 2.29. The van der Waals surface area contributed by atoms with E-state index < -0.39 is 0 Å². The second-order valence-electron chi connectivity index (χ2n) is 3.88. The van der Waals surface area contributed by atoms with Crippen LogP contribution < -0.4 is 16.4 Å². The lowest BCUT2D eigenvalue weighted by atomic mass is 10.1. The van der Waals surface area contributed by atoms with Crippen molar-refractivity contribution >= 4 is 11.9 Å². The third-order valence-corrected chi connectivity index (χ3v) is 2.29. The summed E-state index contributed by atoms with van der Waals surface area (Å²) in [5.74, 6) is -0.279. The van der Waals surface area contributed by atoms with E-state index in [1.54, 1.807) is 0 Å². The molecule has 0 unspecified atom stereocenters. The van der Waals surface area contributed by atoms with Gasteiger partial charge in [-0.2, -0.15) is 0 Å². The summed E-state index contributed by atoms with van der Waals surface area (Å²) in [6, 6.07) is 0. The highest BCUT2D eigenvalue weighted by atomic mass is 16.1. The van der Waals surface area contributed by atoms with Crippen LogP contribution in [0.3, 0.4) is 0 Å². The molecule has 0 saturated carbocycles. The van der Waals surface area contributed by atoms with Crippen molar-refractivity contribution in [2.45, 2.75) is 45.4 Å². The molecule has 0 aromatic rings. The summed E-state index contributed by atoms with van der Waals surface area (Å²) in [6.45, 7) is 3.00. The quantitative estimate of drug-likeness (QED) is 0.269. The first-order chi connectivity index (χ1) is 7.66. The minimum absolute atomic E-state index is 0.0885. The Morgan fingerprint density at radius 3 is 2.38 bits per heavy atom. The fourth-order valence-corrected chi connectivity index (χ4v) is 1.37. The molecular weight excluding hydrogens is 204 g/mol. The average Bonchev–Trinajstić information content (AvgIpc) is 2.25. The summed E-state index contributed by atoms with van der Waals surface area (Å²) in [5, 5.41) is 12.1. The number of nitrogens with two attached hydrogens (primary N) is 1. The number of nitrogens with one attached hydrogen (secondary N) is 3. The number of carbonyl (C=O) groups excluding carboxylic acids is 1. The zero-order valence-corrected chi connectivity index (χ0v) is 10.1. The van der Waals surface area contributed by atoms with Crippen LogP contribution in [0.4, 0.5) is 0 Å². The molecule has 0 aliphatic heterocycles. The smallest absolute Gasteiger partial charge is 0.239 e. The fourth-order valence-electron chi connectivity index (χ4n) is 1.37. The number of unbranched alkanes of at least 4 members (excludes halogenated alkanes) is 5. The van der Waals surface area contributed by atoms with Gasteiger partial charge < -0.3 is 16.4 Å². The van der Waals surface area contributed by atoms with Crippen molar-refractivity contribution < 1.29 is 4.79 Å². The van der Waals surface area contributed by atoms with Crippen molar-refractivity contribution in [2.75, 3.05) is 13.1 Å². The number of hydrogen-bond acceptors (Lipinski definition) is 2. The van der Waals surface area contributed by atoms with Crippen LogP contribution in [0.25, 0.3) is 0 Å². The first-order valence-electron chi connectivity index (χ1n) is 6.01. The van der Waals surface area contributed by atoms with Crippen LogP contribution in [-0.4, -0.2) is 25.0 Å². The van der Waals surface area contributed by atoms with Gasteiger partial charge in [0.05, 0.1) is 6.54 Å². The van der Waals surface area contributed by atoms with E-state index in [0.717, 1.165) is 6.42 Å². The van der Waals surface area contributed by atoms with Crippen LogP contribution in [0.5, 0.6) is 0 Å². The lowest BCUT2D eigenvalue weighted by Crippen LogP contribution is -2.40. The Morgan fingerprint density at radius 2 is 1.75 bits per heavy atom. The average molecular weight is 228 g/mol. The van der Waals surface area contributed by atoms with Crippen molar-refractivity contribution in [2.24, 2.45) is 5.73 Å². The zero-order valence-electron chi connectivity index (χ0n) is 10.1. The van der Waals surface area contributed by atoms with E-state index in [-0.39, 0.29) is 18.4 Å². The molecule has 0 rings (SSSR count). The lowest BCUT2D eigenvalue weighted by molar-refractivity contribution is -0.120. The minimum Gasteiger partial charge on any atom is -0.370 e. The molecule has 5 N–H and O–H groups in total. The molecule has 5 nitrogen and oxygen atoms in total. The molecule has 0 aliphatic carbocycles. The predicted octanol–water partition coefficient (Wildman–Crippen LogP) is 0.946. The van der Waals surface area contributed by atoms with E-state index in [4.69, 9.17) is 11.1 Å². The first-order valence-corrected chi connectivity index (χ1v) is 6.01. The van der Waals surface area contributed by atoms with E-state index >= 15 is 0 Å². The van der Waals surface area contributed by atoms with Crippen LogP contribution >= 0.6 is 0 Å². The van der Waals surface area contributed by atoms with E-state index in [0.29, 0.717) is 6.54 Å². The maximum atomic E-state index is 11.2. The molecular formula is C11H24N4O. The largest absolute Gasteiger partial charge is 0.370 e. The number of amides is 1. The molecule has 94 valence electrons. The summed E-state index contributed by atoms with van der Waals surface area (Å²) in [6.07, 6.45) is 7.28. The van der Waals surface area contributed by atoms with Crippen LogP contribution in [0.2, 0.25) is 0 Å². The highest BCUT2D eigenvalue weighted by Gasteiger charge is 1.99. The molecule has 0 heterocycles. The second kappa shape index (κ2) is 10.3. The molecule has 0 spiro atoms.